The molecule has 1 N–H and O–H groups in total. The van der Waals surface area contributed by atoms with Crippen LogP contribution in [0.1, 0.15) is 5.56 Å². The van der Waals surface area contributed by atoms with Crippen LogP contribution in [0, 0.1) is 0 Å². The average Bonchev–Trinajstić information content (AvgIpc) is 2.29. The summed E-state index contributed by atoms with van der Waals surface area (Å²) in [5, 5.41) is 8.69. The zero-order chi connectivity index (χ0) is 12.7. The molecule has 0 fully saturated rings. The van der Waals surface area contributed by atoms with Gasteiger partial charge in [0.25, 0.3) is 0 Å². The fraction of sp³-hybridized carbons (Fsp3) is 0.250. The molecule has 0 aliphatic rings. The van der Waals surface area contributed by atoms with Gasteiger partial charge in [-0.25, -0.2) is 0 Å². The number of carbonyl (C=O) groups excluding carboxylic acids is 1. The summed E-state index contributed by atoms with van der Waals surface area (Å²) in [4.78, 5) is 27.5. The number of carbonyl (C=O) groups is 2. The van der Waals surface area contributed by atoms with E-state index in [1.54, 1.807) is 24.5 Å². The van der Waals surface area contributed by atoms with Crippen LogP contribution in [0.3, 0.4) is 0 Å². The molecule has 1 amide bonds. The number of amides is 1. The van der Waals surface area contributed by atoms with E-state index in [0.29, 0.717) is 0 Å². The largest absolute Gasteiger partial charge is 0.480 e. The van der Waals surface area contributed by atoms with Crippen molar-refractivity contribution in [2.45, 2.75) is 6.42 Å². The third-order valence-corrected chi connectivity index (χ3v) is 2.13. The van der Waals surface area contributed by atoms with Gasteiger partial charge in [-0.15, -0.1) is 6.58 Å². The van der Waals surface area contributed by atoms with Crippen molar-refractivity contribution in [2.75, 3.05) is 13.1 Å². The van der Waals surface area contributed by atoms with Gasteiger partial charge in [0.05, 0.1) is 6.42 Å². The van der Waals surface area contributed by atoms with Crippen LogP contribution in [0.15, 0.2) is 37.2 Å². The van der Waals surface area contributed by atoms with Crippen molar-refractivity contribution in [2.24, 2.45) is 0 Å². The minimum atomic E-state index is -1.03. The molecule has 90 valence electrons. The van der Waals surface area contributed by atoms with E-state index in [1.807, 2.05) is 0 Å². The van der Waals surface area contributed by atoms with Crippen molar-refractivity contribution < 1.29 is 14.7 Å². The van der Waals surface area contributed by atoms with Crippen LogP contribution in [0.5, 0.6) is 0 Å². The van der Waals surface area contributed by atoms with Crippen LogP contribution in [0.25, 0.3) is 0 Å². The van der Waals surface area contributed by atoms with E-state index in [0.717, 1.165) is 5.56 Å². The van der Waals surface area contributed by atoms with E-state index >= 15 is 0 Å². The topological polar surface area (TPSA) is 70.5 Å². The van der Waals surface area contributed by atoms with Gasteiger partial charge in [0.1, 0.15) is 6.54 Å². The lowest BCUT2D eigenvalue weighted by Crippen LogP contribution is -2.36. The molecule has 0 saturated carbocycles. The third-order valence-electron chi connectivity index (χ3n) is 2.13. The number of carboxylic acids is 1. The number of carboxylic acid groups (broad SMARTS) is 1. The molecule has 1 heterocycles. The molecule has 0 unspecified atom stereocenters. The molecule has 0 bridgehead atoms. The smallest absolute Gasteiger partial charge is 0.323 e. The Hall–Kier alpha value is -2.17. The first-order valence-corrected chi connectivity index (χ1v) is 5.13. The molecule has 0 spiro atoms. The first-order valence-electron chi connectivity index (χ1n) is 5.13. The molecule has 5 heteroatoms. The summed E-state index contributed by atoms with van der Waals surface area (Å²) < 4.78 is 0. The van der Waals surface area contributed by atoms with E-state index in [-0.39, 0.29) is 25.4 Å². The molecule has 5 nitrogen and oxygen atoms in total. The Morgan fingerprint density at radius 1 is 1.41 bits per heavy atom. The van der Waals surface area contributed by atoms with E-state index < -0.39 is 5.97 Å². The minimum Gasteiger partial charge on any atom is -0.480 e. The fourth-order valence-electron chi connectivity index (χ4n) is 1.36. The third kappa shape index (κ3) is 4.46. The molecular formula is C12H14N2O3. The van der Waals surface area contributed by atoms with Crippen LogP contribution < -0.4 is 0 Å². The molecule has 0 saturated heterocycles. The lowest BCUT2D eigenvalue weighted by molar-refractivity contribution is -0.143. The van der Waals surface area contributed by atoms with Crippen molar-refractivity contribution in [3.8, 4) is 0 Å². The summed E-state index contributed by atoms with van der Waals surface area (Å²) in [5.74, 6) is -1.27. The lowest BCUT2D eigenvalue weighted by Gasteiger charge is -2.18. The first-order chi connectivity index (χ1) is 8.13. The second-order valence-electron chi connectivity index (χ2n) is 3.49. The molecular weight excluding hydrogens is 220 g/mol. The maximum absolute atomic E-state index is 11.8. The number of hydrogen-bond acceptors (Lipinski definition) is 3. The van der Waals surface area contributed by atoms with E-state index in [9.17, 15) is 9.59 Å². The summed E-state index contributed by atoms with van der Waals surface area (Å²) in [6, 6.07) is 3.45. The normalized spacial score (nSPS) is 9.65. The Kier molecular flexibility index (Phi) is 4.87. The molecule has 0 radical (unpaired) electrons. The predicted octanol–water partition coefficient (Wildman–Crippen LogP) is 0.723. The molecule has 0 aromatic carbocycles. The molecule has 17 heavy (non-hydrogen) atoms. The maximum Gasteiger partial charge on any atom is 0.323 e. The zero-order valence-electron chi connectivity index (χ0n) is 9.37. The second-order valence-corrected chi connectivity index (χ2v) is 3.49. The van der Waals surface area contributed by atoms with Crippen LogP contribution in [-0.4, -0.2) is 40.0 Å². The van der Waals surface area contributed by atoms with Crippen LogP contribution >= 0.6 is 0 Å². The highest BCUT2D eigenvalue weighted by molar-refractivity contribution is 5.83. The van der Waals surface area contributed by atoms with Crippen molar-refractivity contribution in [3.05, 3.63) is 42.7 Å². The van der Waals surface area contributed by atoms with Gasteiger partial charge in [-0.3, -0.25) is 14.6 Å². The monoisotopic (exact) mass is 234 g/mol. The Bertz CT molecular complexity index is 403. The molecule has 0 atom stereocenters. The van der Waals surface area contributed by atoms with Gasteiger partial charge < -0.3 is 10.0 Å². The number of aliphatic carboxylic acids is 1. The van der Waals surface area contributed by atoms with Gasteiger partial charge in [-0.05, 0) is 17.7 Å². The highest BCUT2D eigenvalue weighted by atomic mass is 16.4. The highest BCUT2D eigenvalue weighted by Crippen LogP contribution is 2.02. The lowest BCUT2D eigenvalue weighted by atomic mass is 10.2. The zero-order valence-corrected chi connectivity index (χ0v) is 9.37. The maximum atomic E-state index is 11.8. The van der Waals surface area contributed by atoms with Crippen molar-refractivity contribution in [1.82, 2.24) is 9.88 Å². The summed E-state index contributed by atoms with van der Waals surface area (Å²) in [7, 11) is 0. The molecule has 0 aliphatic heterocycles. The van der Waals surface area contributed by atoms with E-state index in [1.165, 1.54) is 11.0 Å². The number of hydrogen-bond donors (Lipinski definition) is 1. The Labute approximate surface area is 99.4 Å². The molecule has 1 aromatic rings. The minimum absolute atomic E-state index is 0.170. The van der Waals surface area contributed by atoms with Crippen molar-refractivity contribution in [1.29, 1.82) is 0 Å². The number of pyridine rings is 1. The summed E-state index contributed by atoms with van der Waals surface area (Å²) in [5.41, 5.74) is 0.810. The average molecular weight is 234 g/mol. The van der Waals surface area contributed by atoms with Crippen LogP contribution in [0.4, 0.5) is 0 Å². The Morgan fingerprint density at radius 2 is 2.06 bits per heavy atom. The second kappa shape index (κ2) is 6.42. The number of aromatic nitrogens is 1. The van der Waals surface area contributed by atoms with E-state index in [4.69, 9.17) is 5.11 Å². The Balaban J connectivity index is 2.65. The number of nitrogens with zero attached hydrogens (tertiary/aromatic N) is 2. The predicted molar refractivity (Wildman–Crippen MR) is 62.4 cm³/mol. The molecule has 1 aromatic heterocycles. The number of rotatable bonds is 6. The van der Waals surface area contributed by atoms with Gasteiger partial charge in [0.15, 0.2) is 0 Å². The quantitative estimate of drug-likeness (QED) is 0.736. The van der Waals surface area contributed by atoms with Gasteiger partial charge in [-0.2, -0.15) is 0 Å². The van der Waals surface area contributed by atoms with Gasteiger partial charge in [0.2, 0.25) is 5.91 Å². The molecule has 1 rings (SSSR count). The van der Waals surface area contributed by atoms with Crippen molar-refractivity contribution in [3.63, 3.8) is 0 Å². The van der Waals surface area contributed by atoms with Crippen LogP contribution in [0.2, 0.25) is 0 Å². The molecule has 0 aliphatic carbocycles. The van der Waals surface area contributed by atoms with Crippen molar-refractivity contribution >= 4 is 11.9 Å². The van der Waals surface area contributed by atoms with Gasteiger partial charge in [-0.1, -0.05) is 6.08 Å². The SMILES string of the molecule is C=CCN(CC(=O)O)C(=O)Cc1ccncc1. The summed E-state index contributed by atoms with van der Waals surface area (Å²) in [6.45, 7) is 3.42. The standard InChI is InChI=1S/C12H14N2O3/c1-2-7-14(9-12(16)17)11(15)8-10-3-5-13-6-4-10/h2-6H,1,7-9H2,(H,16,17). The van der Waals surface area contributed by atoms with E-state index in [2.05, 4.69) is 11.6 Å². The highest BCUT2D eigenvalue weighted by Gasteiger charge is 2.15. The first kappa shape index (κ1) is 12.9. The fourth-order valence-corrected chi connectivity index (χ4v) is 1.36. The Morgan fingerprint density at radius 3 is 2.59 bits per heavy atom. The van der Waals surface area contributed by atoms with Gasteiger partial charge in [0, 0.05) is 18.9 Å². The summed E-state index contributed by atoms with van der Waals surface area (Å²) >= 11 is 0. The van der Waals surface area contributed by atoms with Gasteiger partial charge >= 0.3 is 5.97 Å². The van der Waals surface area contributed by atoms with Crippen LogP contribution in [-0.2, 0) is 16.0 Å². The summed E-state index contributed by atoms with van der Waals surface area (Å²) in [6.07, 6.45) is 4.87.